The van der Waals surface area contributed by atoms with Gasteiger partial charge in [-0.2, -0.15) is 0 Å². The maximum Gasteiger partial charge on any atom is 0.229 e. The second kappa shape index (κ2) is 4.37. The van der Waals surface area contributed by atoms with Crippen LogP contribution in [0, 0.1) is 5.92 Å². The number of nitrogens with two attached hydrogens (primary N) is 1. The number of carbonyl (C=O) groups is 1. The average Bonchev–Trinajstić information content (AvgIpc) is 2.08. The number of hydrogen-bond donors (Lipinski definition) is 2. The molecule has 3 N–H and O–H groups in total. The summed E-state index contributed by atoms with van der Waals surface area (Å²) in [7, 11) is 0. The van der Waals surface area contributed by atoms with Crippen LogP contribution in [0.1, 0.15) is 20.8 Å². The van der Waals surface area contributed by atoms with Crippen LogP contribution in [0.3, 0.4) is 0 Å². The first-order valence-corrected chi connectivity index (χ1v) is 5.36. The number of hydrogen-bond acceptors (Lipinski definition) is 2. The van der Waals surface area contributed by atoms with E-state index in [-0.39, 0.29) is 11.9 Å². The molecule has 3 nitrogen and oxygen atoms in total. The highest BCUT2D eigenvalue weighted by Crippen LogP contribution is 2.26. The van der Waals surface area contributed by atoms with Gasteiger partial charge >= 0.3 is 0 Å². The molecular weight excluding hydrogens is 212 g/mol. The Morgan fingerprint density at radius 2 is 2.27 bits per heavy atom. The number of carbonyl (C=O) groups excluding carboxylic acids is 1. The molecule has 0 saturated heterocycles. The summed E-state index contributed by atoms with van der Waals surface area (Å²) in [6, 6.07) is 0.103. The molecule has 0 aromatic carbocycles. The van der Waals surface area contributed by atoms with Crippen LogP contribution >= 0.6 is 11.6 Å². The summed E-state index contributed by atoms with van der Waals surface area (Å²) >= 11 is 5.86. The molecule has 1 aliphatic rings. The number of halogens is 1. The molecule has 0 saturated carbocycles. The van der Waals surface area contributed by atoms with E-state index in [4.69, 9.17) is 17.3 Å². The van der Waals surface area contributed by atoms with E-state index in [2.05, 4.69) is 5.32 Å². The maximum absolute atomic E-state index is 11.8. The van der Waals surface area contributed by atoms with Gasteiger partial charge in [-0.25, -0.2) is 0 Å². The Labute approximate surface area is 95.4 Å². The molecule has 2 atom stereocenters. The maximum atomic E-state index is 11.8. The minimum Gasteiger partial charge on any atom is -0.353 e. The molecule has 0 aliphatic heterocycles. The van der Waals surface area contributed by atoms with Gasteiger partial charge in [0.1, 0.15) is 0 Å². The van der Waals surface area contributed by atoms with Crippen molar-refractivity contribution in [2.24, 2.45) is 11.7 Å². The second-order valence-electron chi connectivity index (χ2n) is 4.39. The van der Waals surface area contributed by atoms with Crippen LogP contribution in [0.2, 0.25) is 0 Å². The first-order chi connectivity index (χ1) is 6.83. The highest BCUT2D eigenvalue weighted by molar-refractivity contribution is 6.31. The number of rotatable bonds is 2. The molecule has 1 amide bonds. The Morgan fingerprint density at radius 1 is 1.67 bits per heavy atom. The Bertz CT molecular complexity index is 319. The molecule has 4 heteroatoms. The van der Waals surface area contributed by atoms with E-state index in [1.54, 1.807) is 18.2 Å². The zero-order valence-electron chi connectivity index (χ0n) is 9.25. The Hall–Kier alpha value is -0.800. The third kappa shape index (κ3) is 3.08. The van der Waals surface area contributed by atoms with Crippen molar-refractivity contribution in [3.05, 3.63) is 23.3 Å². The Morgan fingerprint density at radius 3 is 2.80 bits per heavy atom. The normalized spacial score (nSPS) is 30.3. The summed E-state index contributed by atoms with van der Waals surface area (Å²) in [5, 5.41) is 3.39. The lowest BCUT2D eigenvalue weighted by Crippen LogP contribution is -2.51. The first kappa shape index (κ1) is 12.3. The smallest absolute Gasteiger partial charge is 0.229 e. The van der Waals surface area contributed by atoms with Crippen LogP contribution < -0.4 is 11.1 Å². The quantitative estimate of drug-likeness (QED) is 0.753. The molecule has 0 aromatic rings. The molecule has 0 heterocycles. The molecule has 84 valence electrons. The zero-order valence-corrected chi connectivity index (χ0v) is 10.0. The summed E-state index contributed by atoms with van der Waals surface area (Å²) in [4.78, 5) is 11.8. The lowest BCUT2D eigenvalue weighted by Gasteiger charge is -2.31. The van der Waals surface area contributed by atoms with Gasteiger partial charge in [0.25, 0.3) is 0 Å². The van der Waals surface area contributed by atoms with Gasteiger partial charge < -0.3 is 11.1 Å². The summed E-state index contributed by atoms with van der Waals surface area (Å²) in [6.45, 7) is 5.64. The third-order valence-electron chi connectivity index (χ3n) is 2.31. The number of allylic oxidation sites excluding steroid dienone is 2. The highest BCUT2D eigenvalue weighted by atomic mass is 35.5. The summed E-state index contributed by atoms with van der Waals surface area (Å²) in [6.07, 6.45) is 5.18. The van der Waals surface area contributed by atoms with Gasteiger partial charge in [-0.3, -0.25) is 4.79 Å². The number of nitrogens with one attached hydrogen (secondary N) is 1. The molecule has 0 radical (unpaired) electrons. The SMILES string of the molecule is CC(C)NC(=O)C1C=C(Cl)C=CC1(C)N. The van der Waals surface area contributed by atoms with Crippen LogP contribution in [-0.4, -0.2) is 17.5 Å². The first-order valence-electron chi connectivity index (χ1n) is 4.99. The van der Waals surface area contributed by atoms with Crippen molar-refractivity contribution in [1.29, 1.82) is 0 Å². The molecule has 0 bridgehead atoms. The minimum absolute atomic E-state index is 0.0856. The van der Waals surface area contributed by atoms with E-state index in [1.165, 1.54) is 0 Å². The standard InChI is InChI=1S/C11H17ClN2O/c1-7(2)14-10(15)9-6-8(12)4-5-11(9,3)13/h4-7,9H,13H2,1-3H3,(H,14,15). The predicted octanol–water partition coefficient (Wildman–Crippen LogP) is 1.54. The molecule has 0 fully saturated rings. The van der Waals surface area contributed by atoms with Gasteiger partial charge in [-0.05, 0) is 26.8 Å². The van der Waals surface area contributed by atoms with E-state index >= 15 is 0 Å². The molecular formula is C11H17ClN2O. The fourth-order valence-electron chi connectivity index (χ4n) is 1.49. The van der Waals surface area contributed by atoms with Crippen molar-refractivity contribution in [1.82, 2.24) is 5.32 Å². The third-order valence-corrected chi connectivity index (χ3v) is 2.56. The largest absolute Gasteiger partial charge is 0.353 e. The molecule has 1 aliphatic carbocycles. The lowest BCUT2D eigenvalue weighted by atomic mass is 9.82. The summed E-state index contributed by atoms with van der Waals surface area (Å²) in [5.74, 6) is -0.491. The van der Waals surface area contributed by atoms with Gasteiger partial charge in [0.2, 0.25) is 5.91 Å². The van der Waals surface area contributed by atoms with Crippen molar-refractivity contribution in [2.75, 3.05) is 0 Å². The molecule has 15 heavy (non-hydrogen) atoms. The van der Waals surface area contributed by atoms with Crippen molar-refractivity contribution >= 4 is 17.5 Å². The fraction of sp³-hybridized carbons (Fsp3) is 0.545. The van der Waals surface area contributed by atoms with E-state index in [1.807, 2.05) is 20.8 Å². The van der Waals surface area contributed by atoms with Gasteiger partial charge in [0, 0.05) is 16.6 Å². The summed E-state index contributed by atoms with van der Waals surface area (Å²) in [5.41, 5.74) is 5.34. The molecule has 2 unspecified atom stereocenters. The number of amides is 1. The van der Waals surface area contributed by atoms with Gasteiger partial charge in [0.05, 0.1) is 5.92 Å². The van der Waals surface area contributed by atoms with Crippen LogP contribution in [0.5, 0.6) is 0 Å². The topological polar surface area (TPSA) is 55.1 Å². The second-order valence-corrected chi connectivity index (χ2v) is 4.83. The Balaban J connectivity index is 2.84. The van der Waals surface area contributed by atoms with Crippen molar-refractivity contribution < 1.29 is 4.79 Å². The van der Waals surface area contributed by atoms with Crippen molar-refractivity contribution in [2.45, 2.75) is 32.4 Å². The van der Waals surface area contributed by atoms with Crippen molar-refractivity contribution in [3.8, 4) is 0 Å². The molecule has 0 spiro atoms. The van der Waals surface area contributed by atoms with Crippen LogP contribution in [0.15, 0.2) is 23.3 Å². The zero-order chi connectivity index (χ0) is 11.6. The predicted molar refractivity (Wildman–Crippen MR) is 62.4 cm³/mol. The molecule has 1 rings (SSSR count). The molecule has 0 aromatic heterocycles. The minimum atomic E-state index is -0.669. The van der Waals surface area contributed by atoms with Crippen LogP contribution in [0.4, 0.5) is 0 Å². The highest BCUT2D eigenvalue weighted by Gasteiger charge is 2.34. The monoisotopic (exact) mass is 228 g/mol. The van der Waals surface area contributed by atoms with Gasteiger partial charge in [-0.1, -0.05) is 23.8 Å². The fourth-order valence-corrected chi connectivity index (χ4v) is 1.68. The van der Waals surface area contributed by atoms with Gasteiger partial charge in [0.15, 0.2) is 0 Å². The van der Waals surface area contributed by atoms with E-state index in [0.29, 0.717) is 5.03 Å². The Kier molecular flexibility index (Phi) is 3.58. The summed E-state index contributed by atoms with van der Waals surface area (Å²) < 4.78 is 0. The van der Waals surface area contributed by atoms with E-state index < -0.39 is 11.5 Å². The van der Waals surface area contributed by atoms with Crippen LogP contribution in [-0.2, 0) is 4.79 Å². The van der Waals surface area contributed by atoms with Crippen LogP contribution in [0.25, 0.3) is 0 Å². The van der Waals surface area contributed by atoms with Gasteiger partial charge in [-0.15, -0.1) is 0 Å². The van der Waals surface area contributed by atoms with Crippen molar-refractivity contribution in [3.63, 3.8) is 0 Å². The van der Waals surface area contributed by atoms with E-state index in [0.717, 1.165) is 0 Å². The average molecular weight is 229 g/mol. The van der Waals surface area contributed by atoms with E-state index in [9.17, 15) is 4.79 Å². The lowest BCUT2D eigenvalue weighted by molar-refractivity contribution is -0.125.